The second-order valence-corrected chi connectivity index (χ2v) is 12.0. The van der Waals surface area contributed by atoms with E-state index in [9.17, 15) is 0 Å². The van der Waals surface area contributed by atoms with Crippen LogP contribution in [-0.4, -0.2) is 7.38 Å². The molecule has 0 aliphatic carbocycles. The maximum absolute atomic E-state index is 7.41. The van der Waals surface area contributed by atoms with Gasteiger partial charge < -0.3 is 0 Å². The molecule has 1 aliphatic rings. The molecule has 1 aliphatic heterocycles. The van der Waals surface area contributed by atoms with Gasteiger partial charge in [0, 0.05) is 0 Å². The topological polar surface area (TPSA) is 0 Å². The van der Waals surface area contributed by atoms with Crippen LogP contribution in [0.15, 0.2) is 60.7 Å². The number of hydrogen-bond acceptors (Lipinski definition) is 0. The first-order valence-corrected chi connectivity index (χ1v) is 11.4. The Morgan fingerprint density at radius 1 is 0.857 bits per heavy atom. The van der Waals surface area contributed by atoms with Crippen molar-refractivity contribution in [2.24, 2.45) is 0 Å². The summed E-state index contributed by atoms with van der Waals surface area (Å²) in [6, 6.07) is 23.1. The van der Waals surface area contributed by atoms with Gasteiger partial charge >= 0.3 is 0 Å². The smallest absolute Gasteiger partial charge is 0.166 e. The van der Waals surface area contributed by atoms with Gasteiger partial charge in [0.2, 0.25) is 0 Å². The molecule has 0 unspecified atom stereocenters. The van der Waals surface area contributed by atoms with Crippen LogP contribution in [0.1, 0.15) is 48.4 Å². The van der Waals surface area contributed by atoms with Gasteiger partial charge in [-0.15, -0.1) is 0 Å². The molecule has 2 aromatic rings. The molecule has 0 nitrogen and oxygen atoms in total. The van der Waals surface area contributed by atoms with Gasteiger partial charge in [-0.3, -0.25) is 0 Å². The van der Waals surface area contributed by atoms with E-state index in [0.29, 0.717) is 11.1 Å². The second-order valence-electron chi connectivity index (χ2n) is 6.18. The zero-order valence-electron chi connectivity index (χ0n) is 12.6. The molecule has 0 saturated carbocycles. The summed E-state index contributed by atoms with van der Waals surface area (Å²) in [5.41, 5.74) is 4.13. The van der Waals surface area contributed by atoms with Crippen LogP contribution in [0.4, 0.5) is 0 Å². The molecule has 0 bridgehead atoms. The van der Waals surface area contributed by atoms with E-state index >= 15 is 0 Å². The van der Waals surface area contributed by atoms with Crippen LogP contribution in [0.5, 0.6) is 0 Å². The third-order valence-electron chi connectivity index (χ3n) is 4.94. The minimum Gasteiger partial charge on any atom is -0.166 e. The van der Waals surface area contributed by atoms with E-state index in [4.69, 9.17) is 11.1 Å². The first kappa shape index (κ1) is 14.9. The lowest BCUT2D eigenvalue weighted by Crippen LogP contribution is -2.37. The van der Waals surface area contributed by atoms with E-state index in [-0.39, 0.29) is 0 Å². The highest BCUT2D eigenvalue weighted by Gasteiger charge is 2.51. The van der Waals surface area contributed by atoms with E-state index < -0.39 is 7.38 Å². The molecule has 0 spiro atoms. The summed E-state index contributed by atoms with van der Waals surface area (Å²) in [7, 11) is -1.85. The van der Waals surface area contributed by atoms with Crippen LogP contribution in [0.25, 0.3) is 0 Å². The van der Waals surface area contributed by atoms with E-state index in [2.05, 4.69) is 67.6 Å². The van der Waals surface area contributed by atoms with Crippen LogP contribution < -0.4 is 0 Å². The number of benzene rings is 2. The Morgan fingerprint density at radius 3 is 1.67 bits per heavy atom. The van der Waals surface area contributed by atoms with Crippen molar-refractivity contribution in [3.8, 4) is 0 Å². The van der Waals surface area contributed by atoms with E-state index in [0.717, 1.165) is 0 Å². The molecular weight excluding hydrogens is 292 g/mol. The third-order valence-corrected chi connectivity index (χ3v) is 11.9. The number of hydrogen-bond donors (Lipinski definition) is 0. The van der Waals surface area contributed by atoms with E-state index in [1.165, 1.54) is 36.4 Å². The van der Waals surface area contributed by atoms with Gasteiger partial charge in [-0.25, -0.2) is 0 Å². The summed E-state index contributed by atoms with van der Waals surface area (Å²) in [5.74, 6) is 0. The van der Waals surface area contributed by atoms with E-state index in [1.54, 1.807) is 0 Å². The Balaban J connectivity index is 1.97. The molecule has 0 amide bonds. The predicted octanol–water partition coefficient (Wildman–Crippen LogP) is 6.02. The van der Waals surface area contributed by atoms with Crippen molar-refractivity contribution < 1.29 is 0 Å². The zero-order chi connectivity index (χ0) is 14.7. The largest absolute Gasteiger partial charge is 0.171 e. The van der Waals surface area contributed by atoms with Crippen LogP contribution in [0, 0.1) is 0 Å². The van der Waals surface area contributed by atoms with Crippen LogP contribution >= 0.6 is 11.1 Å². The molecule has 0 aromatic heterocycles. The average molecular weight is 315 g/mol. The van der Waals surface area contributed by atoms with Gasteiger partial charge in [0.15, 0.2) is 7.38 Å². The summed E-state index contributed by atoms with van der Waals surface area (Å²) in [5, 5.41) is 0. The molecule has 0 radical (unpaired) electrons. The molecule has 2 heteroatoms. The van der Waals surface area contributed by atoms with Crippen LogP contribution in [0.3, 0.4) is 0 Å². The SMILES string of the molecule is CCC[Si]1(Cl)[C@H](c2ccccc2)CC[C@H]1c1ccccc1. The molecule has 3 rings (SSSR count). The Labute approximate surface area is 133 Å². The van der Waals surface area contributed by atoms with Crippen LogP contribution in [-0.2, 0) is 0 Å². The van der Waals surface area contributed by atoms with Gasteiger partial charge in [-0.2, -0.15) is 11.1 Å². The Kier molecular flexibility index (Phi) is 4.51. The lowest BCUT2D eigenvalue weighted by atomic mass is 10.0. The maximum Gasteiger partial charge on any atom is 0.171 e. The first-order valence-electron chi connectivity index (χ1n) is 8.04. The quantitative estimate of drug-likeness (QED) is 0.478. The summed E-state index contributed by atoms with van der Waals surface area (Å²) < 4.78 is 0. The second kappa shape index (κ2) is 6.37. The first-order chi connectivity index (χ1) is 10.3. The van der Waals surface area contributed by atoms with Crippen molar-refractivity contribution in [3.63, 3.8) is 0 Å². The summed E-state index contributed by atoms with van der Waals surface area (Å²) in [6.07, 6.45) is 3.70. The molecule has 0 N–H and O–H groups in total. The third kappa shape index (κ3) is 2.82. The van der Waals surface area contributed by atoms with E-state index in [1.807, 2.05) is 0 Å². The molecule has 2 aromatic carbocycles. The number of rotatable bonds is 4. The Hall–Kier alpha value is -1.05. The fraction of sp³-hybridized carbons (Fsp3) is 0.368. The van der Waals surface area contributed by atoms with Crippen molar-refractivity contribution >= 4 is 18.5 Å². The lowest BCUT2D eigenvalue weighted by Gasteiger charge is -2.32. The monoisotopic (exact) mass is 314 g/mol. The normalized spacial score (nSPS) is 24.1. The molecule has 21 heavy (non-hydrogen) atoms. The Morgan fingerprint density at radius 2 is 1.29 bits per heavy atom. The van der Waals surface area contributed by atoms with Crippen LogP contribution in [0.2, 0.25) is 6.04 Å². The van der Waals surface area contributed by atoms with Crippen molar-refractivity contribution in [3.05, 3.63) is 71.8 Å². The zero-order valence-corrected chi connectivity index (χ0v) is 14.4. The van der Waals surface area contributed by atoms with Gasteiger partial charge in [-0.1, -0.05) is 74.0 Å². The fourth-order valence-corrected chi connectivity index (χ4v) is 10.8. The van der Waals surface area contributed by atoms with Gasteiger partial charge in [0.25, 0.3) is 0 Å². The average Bonchev–Trinajstić information content (AvgIpc) is 2.86. The van der Waals surface area contributed by atoms with Crippen molar-refractivity contribution in [2.75, 3.05) is 0 Å². The minimum atomic E-state index is -1.85. The number of halogens is 1. The molecule has 2 atom stereocenters. The molecule has 1 heterocycles. The predicted molar refractivity (Wildman–Crippen MR) is 94.3 cm³/mol. The standard InChI is InChI=1S/C19H23ClSi/c1-2-15-21(20)18(16-9-5-3-6-10-16)13-14-19(21)17-11-7-4-8-12-17/h3-12,18-19H,2,13-15H2,1H3/t18-,19-/m0/s1. The van der Waals surface area contributed by atoms with Crippen molar-refractivity contribution in [2.45, 2.75) is 43.3 Å². The van der Waals surface area contributed by atoms with Crippen molar-refractivity contribution in [1.29, 1.82) is 0 Å². The minimum absolute atomic E-state index is 0.602. The molecular formula is C19H23ClSi. The van der Waals surface area contributed by atoms with Gasteiger partial charge in [0.1, 0.15) is 0 Å². The fourth-order valence-electron chi connectivity index (χ4n) is 4.05. The highest BCUT2D eigenvalue weighted by molar-refractivity contribution is 7.22. The lowest BCUT2D eigenvalue weighted by molar-refractivity contribution is 0.765. The van der Waals surface area contributed by atoms with Gasteiger partial charge in [-0.05, 0) is 41.1 Å². The summed E-state index contributed by atoms with van der Waals surface area (Å²) >= 11 is 7.41. The molecule has 1 saturated heterocycles. The maximum atomic E-state index is 7.41. The summed E-state index contributed by atoms with van der Waals surface area (Å²) in [6.45, 7) is 2.28. The summed E-state index contributed by atoms with van der Waals surface area (Å²) in [4.78, 5) is 0. The van der Waals surface area contributed by atoms with Gasteiger partial charge in [0.05, 0.1) is 0 Å². The molecule has 110 valence electrons. The highest BCUT2D eigenvalue weighted by Crippen LogP contribution is 2.54. The molecule has 1 fully saturated rings. The highest BCUT2D eigenvalue weighted by atomic mass is 35.6. The van der Waals surface area contributed by atoms with Crippen molar-refractivity contribution in [1.82, 2.24) is 0 Å². The Bertz CT molecular complexity index is 519.